The quantitative estimate of drug-likeness (QED) is 0.384. The summed E-state index contributed by atoms with van der Waals surface area (Å²) < 4.78 is 0. The summed E-state index contributed by atoms with van der Waals surface area (Å²) in [5.74, 6) is 0. The summed E-state index contributed by atoms with van der Waals surface area (Å²) >= 11 is 13.0. The van der Waals surface area contributed by atoms with Crippen LogP contribution in [0.3, 0.4) is 0 Å². The molecule has 1 saturated heterocycles. The van der Waals surface area contributed by atoms with Crippen LogP contribution in [0.2, 0.25) is 5.02 Å². The molecule has 3 aromatic rings. The predicted molar refractivity (Wildman–Crippen MR) is 151 cm³/mol. The Balaban J connectivity index is 1.68. The molecule has 0 bridgehead atoms. The summed E-state index contributed by atoms with van der Waals surface area (Å²) in [4.78, 5) is 9.16. The van der Waals surface area contributed by atoms with Crippen LogP contribution in [0.5, 0.6) is 0 Å². The number of likely N-dealkylation sites (N-methyl/N-ethyl adjacent to an activating group) is 1. The molecule has 0 unspecified atom stereocenters. The van der Waals surface area contributed by atoms with E-state index >= 15 is 0 Å². The number of nitrogens with zero attached hydrogens (tertiary/aromatic N) is 3. The van der Waals surface area contributed by atoms with E-state index in [1.165, 1.54) is 16.7 Å². The Labute approximate surface area is 218 Å². The molecule has 2 atom stereocenters. The van der Waals surface area contributed by atoms with Crippen molar-refractivity contribution in [3.63, 3.8) is 0 Å². The van der Waals surface area contributed by atoms with Gasteiger partial charge >= 0.3 is 0 Å². The largest absolute Gasteiger partial charge is 0.365 e. The summed E-state index contributed by atoms with van der Waals surface area (Å²) in [7, 11) is 2.13. The lowest BCUT2D eigenvalue weighted by Gasteiger charge is -2.41. The first-order chi connectivity index (χ1) is 16.7. The fraction of sp³-hybridized carbons (Fsp3) is 0.310. The Bertz CT molecular complexity index is 1300. The van der Waals surface area contributed by atoms with Crippen LogP contribution in [0.15, 0.2) is 66.9 Å². The Morgan fingerprint density at radius 1 is 1.11 bits per heavy atom. The van der Waals surface area contributed by atoms with E-state index in [9.17, 15) is 0 Å². The van der Waals surface area contributed by atoms with Gasteiger partial charge in [0.05, 0.1) is 23.3 Å². The van der Waals surface area contributed by atoms with Gasteiger partial charge in [-0.1, -0.05) is 42.8 Å². The van der Waals surface area contributed by atoms with Crippen LogP contribution in [-0.4, -0.2) is 22.7 Å². The van der Waals surface area contributed by atoms with Crippen molar-refractivity contribution in [2.45, 2.75) is 51.7 Å². The molecular weight excluding hydrogens is 472 g/mol. The zero-order chi connectivity index (χ0) is 24.9. The Kier molecular flexibility index (Phi) is 6.10. The van der Waals surface area contributed by atoms with Crippen molar-refractivity contribution in [1.29, 1.82) is 0 Å². The summed E-state index contributed by atoms with van der Waals surface area (Å²) in [5, 5.41) is 4.95. The van der Waals surface area contributed by atoms with Crippen molar-refractivity contribution < 1.29 is 0 Å². The molecule has 1 aromatic heterocycles. The SMILES string of the molecule is CCc1ccc(N2C(=S)N[C@@H](c3ccccn3)[C@H]2c2cc3c(cc2Cl)N(C)C(C)(C)C=C3C)cc1. The normalized spacial score (nSPS) is 21.0. The molecule has 1 N–H and O–H groups in total. The van der Waals surface area contributed by atoms with E-state index in [4.69, 9.17) is 23.8 Å². The Hall–Kier alpha value is -2.89. The number of hydrogen-bond donors (Lipinski definition) is 1. The monoisotopic (exact) mass is 502 g/mol. The molecule has 0 spiro atoms. The Morgan fingerprint density at radius 2 is 1.86 bits per heavy atom. The average molecular weight is 503 g/mol. The number of anilines is 2. The van der Waals surface area contributed by atoms with E-state index in [0.29, 0.717) is 5.11 Å². The summed E-state index contributed by atoms with van der Waals surface area (Å²) in [5.41, 5.74) is 7.83. The van der Waals surface area contributed by atoms with Crippen molar-refractivity contribution in [3.8, 4) is 0 Å². The Morgan fingerprint density at radius 3 is 2.51 bits per heavy atom. The molecule has 4 nitrogen and oxygen atoms in total. The summed E-state index contributed by atoms with van der Waals surface area (Å²) in [6.07, 6.45) is 5.14. The molecule has 0 aliphatic carbocycles. The lowest BCUT2D eigenvalue weighted by atomic mass is 9.86. The molecule has 3 heterocycles. The van der Waals surface area contributed by atoms with Crippen LogP contribution in [0.25, 0.3) is 5.57 Å². The lowest BCUT2D eigenvalue weighted by molar-refractivity contribution is 0.567. The first-order valence-corrected chi connectivity index (χ1v) is 12.9. The van der Waals surface area contributed by atoms with E-state index in [2.05, 4.69) is 97.3 Å². The van der Waals surface area contributed by atoms with Crippen molar-refractivity contribution >= 4 is 45.9 Å². The number of hydrogen-bond acceptors (Lipinski definition) is 3. The minimum absolute atomic E-state index is 0.0814. The van der Waals surface area contributed by atoms with Crippen LogP contribution in [0, 0.1) is 0 Å². The number of pyridine rings is 1. The molecule has 0 saturated carbocycles. The molecule has 2 aliphatic rings. The molecule has 2 aromatic carbocycles. The second kappa shape index (κ2) is 8.96. The third-order valence-electron chi connectivity index (χ3n) is 7.37. The van der Waals surface area contributed by atoms with Gasteiger partial charge in [0.15, 0.2) is 5.11 Å². The van der Waals surface area contributed by atoms with Gasteiger partial charge in [0, 0.05) is 35.2 Å². The number of thiocarbonyl (C=S) groups is 1. The molecule has 180 valence electrons. The summed E-state index contributed by atoms with van der Waals surface area (Å²) in [6, 6.07) is 18.7. The third kappa shape index (κ3) is 4.11. The van der Waals surface area contributed by atoms with Crippen molar-refractivity contribution in [1.82, 2.24) is 10.3 Å². The van der Waals surface area contributed by atoms with Crippen molar-refractivity contribution in [2.24, 2.45) is 0 Å². The number of benzene rings is 2. The van der Waals surface area contributed by atoms with Gasteiger partial charge < -0.3 is 15.1 Å². The number of halogens is 1. The van der Waals surface area contributed by atoms with E-state index in [-0.39, 0.29) is 17.6 Å². The van der Waals surface area contributed by atoms with Gasteiger partial charge in [-0.15, -0.1) is 0 Å². The molecule has 2 aliphatic heterocycles. The highest BCUT2D eigenvalue weighted by Crippen LogP contribution is 2.47. The number of allylic oxidation sites excluding steroid dienone is 1. The standard InChI is InChI=1S/C29H31ClN4S/c1-6-19-10-12-20(13-11-19)34-27(26(32-28(34)35)24-9-7-8-14-31-24)22-15-21-18(2)17-29(3,4)33(5)25(21)16-23(22)30/h7-17,26-27H,6H2,1-5H3,(H,32,35)/t26-,27+/m0/s1. The fourth-order valence-electron chi connectivity index (χ4n) is 5.26. The van der Waals surface area contributed by atoms with E-state index in [1.54, 1.807) is 0 Å². The van der Waals surface area contributed by atoms with Gasteiger partial charge in [0.25, 0.3) is 0 Å². The molecule has 0 radical (unpaired) electrons. The zero-order valence-corrected chi connectivity index (χ0v) is 22.4. The third-order valence-corrected chi connectivity index (χ3v) is 8.02. The molecule has 35 heavy (non-hydrogen) atoms. The number of aromatic nitrogens is 1. The molecule has 0 amide bonds. The lowest BCUT2D eigenvalue weighted by Crippen LogP contribution is -2.42. The van der Waals surface area contributed by atoms with Crippen molar-refractivity contribution in [2.75, 3.05) is 16.8 Å². The number of aryl methyl sites for hydroxylation is 1. The first-order valence-electron chi connectivity index (χ1n) is 12.1. The van der Waals surface area contributed by atoms with Crippen LogP contribution in [0.1, 0.15) is 62.2 Å². The fourth-order valence-corrected chi connectivity index (χ4v) is 5.87. The maximum atomic E-state index is 7.08. The average Bonchev–Trinajstić information content (AvgIpc) is 3.19. The first kappa shape index (κ1) is 23.8. The second-order valence-corrected chi connectivity index (χ2v) is 10.7. The zero-order valence-electron chi connectivity index (χ0n) is 20.8. The van der Waals surface area contributed by atoms with Gasteiger partial charge in [-0.25, -0.2) is 0 Å². The van der Waals surface area contributed by atoms with Crippen LogP contribution in [0.4, 0.5) is 11.4 Å². The minimum atomic E-state index is -0.143. The second-order valence-electron chi connectivity index (χ2n) is 9.95. The highest BCUT2D eigenvalue weighted by molar-refractivity contribution is 7.80. The van der Waals surface area contributed by atoms with Crippen LogP contribution < -0.4 is 15.1 Å². The van der Waals surface area contributed by atoms with E-state index in [0.717, 1.165) is 34.1 Å². The topological polar surface area (TPSA) is 31.4 Å². The number of nitrogens with one attached hydrogen (secondary N) is 1. The number of rotatable bonds is 4. The van der Waals surface area contributed by atoms with E-state index < -0.39 is 0 Å². The molecule has 6 heteroatoms. The van der Waals surface area contributed by atoms with E-state index in [1.807, 2.05) is 24.4 Å². The smallest absolute Gasteiger partial charge is 0.174 e. The van der Waals surface area contributed by atoms with Gasteiger partial charge in [-0.2, -0.15) is 0 Å². The minimum Gasteiger partial charge on any atom is -0.365 e. The highest BCUT2D eigenvalue weighted by atomic mass is 35.5. The highest BCUT2D eigenvalue weighted by Gasteiger charge is 2.42. The van der Waals surface area contributed by atoms with Crippen molar-refractivity contribution in [3.05, 3.63) is 94.3 Å². The van der Waals surface area contributed by atoms with Gasteiger partial charge in [-0.05, 0) is 92.5 Å². The molecule has 5 rings (SSSR count). The van der Waals surface area contributed by atoms with Gasteiger partial charge in [-0.3, -0.25) is 4.98 Å². The molecule has 1 fully saturated rings. The van der Waals surface area contributed by atoms with Crippen LogP contribution in [-0.2, 0) is 6.42 Å². The maximum absolute atomic E-state index is 7.08. The predicted octanol–water partition coefficient (Wildman–Crippen LogP) is 7.11. The number of fused-ring (bicyclic) bond motifs is 1. The summed E-state index contributed by atoms with van der Waals surface area (Å²) in [6.45, 7) is 8.79. The van der Waals surface area contributed by atoms with Gasteiger partial charge in [0.2, 0.25) is 0 Å². The molecular formula is C29H31ClN4S. The van der Waals surface area contributed by atoms with Crippen LogP contribution >= 0.6 is 23.8 Å². The maximum Gasteiger partial charge on any atom is 0.174 e. The van der Waals surface area contributed by atoms with Gasteiger partial charge in [0.1, 0.15) is 0 Å².